The molecule has 0 unspecified atom stereocenters. The van der Waals surface area contributed by atoms with Crippen molar-refractivity contribution in [3.63, 3.8) is 0 Å². The van der Waals surface area contributed by atoms with Crippen LogP contribution in [0.4, 0.5) is 0 Å². The van der Waals surface area contributed by atoms with E-state index in [-0.39, 0.29) is 23.5 Å². The zero-order chi connectivity index (χ0) is 12.5. The van der Waals surface area contributed by atoms with Gasteiger partial charge in [0.15, 0.2) is 0 Å². The Morgan fingerprint density at radius 3 is 2.59 bits per heavy atom. The Hall–Kier alpha value is -0.530. The Bertz CT molecular complexity index is 507. The van der Waals surface area contributed by atoms with Crippen LogP contribution in [-0.2, 0) is 9.84 Å². The molecule has 2 heterocycles. The van der Waals surface area contributed by atoms with Crippen LogP contribution in [-0.4, -0.2) is 31.9 Å². The summed E-state index contributed by atoms with van der Waals surface area (Å²) >= 11 is 5.48. The van der Waals surface area contributed by atoms with Crippen molar-refractivity contribution in [3.8, 4) is 0 Å². The number of carbonyl (C=O) groups excluding carboxylic acids is 1. The molecule has 2 rings (SSSR count). The van der Waals surface area contributed by atoms with Crippen molar-refractivity contribution in [1.82, 2.24) is 5.32 Å². The van der Waals surface area contributed by atoms with E-state index in [0.29, 0.717) is 17.7 Å². The summed E-state index contributed by atoms with van der Waals surface area (Å²) < 4.78 is 22.5. The fraction of sp³-hybridized carbons (Fsp3) is 0.500. The Morgan fingerprint density at radius 1 is 1.41 bits per heavy atom. The van der Waals surface area contributed by atoms with Crippen LogP contribution in [0.25, 0.3) is 0 Å². The molecule has 0 spiro atoms. The molecule has 1 N–H and O–H groups in total. The van der Waals surface area contributed by atoms with E-state index < -0.39 is 9.84 Å². The second-order valence-electron chi connectivity index (χ2n) is 4.07. The van der Waals surface area contributed by atoms with E-state index in [1.807, 2.05) is 0 Å². The molecule has 0 radical (unpaired) electrons. The number of hydrogen-bond donors (Lipinski definition) is 2. The van der Waals surface area contributed by atoms with Gasteiger partial charge >= 0.3 is 0 Å². The quantitative estimate of drug-likeness (QED) is 0.808. The minimum atomic E-state index is -2.87. The second-order valence-corrected chi connectivity index (χ2v) is 7.80. The lowest BCUT2D eigenvalue weighted by molar-refractivity contribution is 0.0938. The van der Waals surface area contributed by atoms with Gasteiger partial charge in [-0.05, 0) is 18.9 Å². The van der Waals surface area contributed by atoms with Gasteiger partial charge in [-0.15, -0.1) is 24.0 Å². The molecule has 1 amide bonds. The van der Waals surface area contributed by atoms with Gasteiger partial charge in [0.1, 0.15) is 9.84 Å². The first-order chi connectivity index (χ1) is 7.96. The summed E-state index contributed by atoms with van der Waals surface area (Å²) in [6, 6.07) is 1.68. The van der Waals surface area contributed by atoms with E-state index in [2.05, 4.69) is 17.9 Å². The van der Waals surface area contributed by atoms with Gasteiger partial charge in [-0.1, -0.05) is 0 Å². The van der Waals surface area contributed by atoms with Gasteiger partial charge in [0.25, 0.3) is 5.91 Å². The molecule has 0 aromatic carbocycles. The first-order valence-corrected chi connectivity index (χ1v) is 8.40. The summed E-state index contributed by atoms with van der Waals surface area (Å²) in [5.74, 6) is 0.194. The summed E-state index contributed by atoms with van der Waals surface area (Å²) in [6.45, 7) is 0. The lowest BCUT2D eigenvalue weighted by Gasteiger charge is -2.22. The topological polar surface area (TPSA) is 63.2 Å². The fourth-order valence-electron chi connectivity index (χ4n) is 1.74. The lowest BCUT2D eigenvalue weighted by Crippen LogP contribution is -2.40. The molecule has 1 aromatic rings. The molecule has 4 nitrogen and oxygen atoms in total. The van der Waals surface area contributed by atoms with Crippen LogP contribution in [0, 0.1) is 0 Å². The largest absolute Gasteiger partial charge is 0.349 e. The highest BCUT2D eigenvalue weighted by Crippen LogP contribution is 2.19. The number of sulfone groups is 1. The number of thiol groups is 1. The first kappa shape index (κ1) is 12.9. The lowest BCUT2D eigenvalue weighted by atomic mass is 10.1. The molecule has 0 atom stereocenters. The first-order valence-electron chi connectivity index (χ1n) is 5.25. The van der Waals surface area contributed by atoms with Gasteiger partial charge in [-0.2, -0.15) is 0 Å². The third-order valence-electron chi connectivity index (χ3n) is 2.70. The molecule has 1 saturated heterocycles. The average Bonchev–Trinajstić information content (AvgIpc) is 2.68. The van der Waals surface area contributed by atoms with E-state index in [0.717, 1.165) is 4.90 Å². The van der Waals surface area contributed by atoms with Crippen LogP contribution in [0.3, 0.4) is 0 Å². The number of hydrogen-bond acceptors (Lipinski definition) is 5. The SMILES string of the molecule is O=C(NC1CCS(=O)(=O)CC1)c1cc(S)cs1. The Labute approximate surface area is 110 Å². The fourth-order valence-corrected chi connectivity index (χ4v) is 4.28. The molecule has 7 heteroatoms. The third kappa shape index (κ3) is 3.46. The number of nitrogens with one attached hydrogen (secondary N) is 1. The van der Waals surface area contributed by atoms with Crippen molar-refractivity contribution in [2.75, 3.05) is 11.5 Å². The summed E-state index contributed by atoms with van der Waals surface area (Å²) in [5, 5.41) is 4.65. The zero-order valence-electron chi connectivity index (χ0n) is 9.05. The number of rotatable bonds is 2. The van der Waals surface area contributed by atoms with Crippen molar-refractivity contribution in [2.24, 2.45) is 0 Å². The molecule has 0 saturated carbocycles. The Morgan fingerprint density at radius 2 is 2.06 bits per heavy atom. The number of amides is 1. The third-order valence-corrected chi connectivity index (χ3v) is 5.78. The number of thiophene rings is 1. The van der Waals surface area contributed by atoms with Crippen molar-refractivity contribution in [3.05, 3.63) is 16.3 Å². The molecule has 1 aliphatic rings. The summed E-state index contributed by atoms with van der Waals surface area (Å²) in [4.78, 5) is 13.2. The summed E-state index contributed by atoms with van der Waals surface area (Å²) in [7, 11) is -2.87. The van der Waals surface area contributed by atoms with Gasteiger partial charge in [0, 0.05) is 16.3 Å². The van der Waals surface area contributed by atoms with Crippen molar-refractivity contribution in [2.45, 2.75) is 23.8 Å². The molecule has 1 aliphatic heterocycles. The van der Waals surface area contributed by atoms with Crippen LogP contribution in [0.2, 0.25) is 0 Å². The van der Waals surface area contributed by atoms with Crippen LogP contribution < -0.4 is 5.32 Å². The summed E-state index contributed by atoms with van der Waals surface area (Å²) in [5.41, 5.74) is 0. The van der Waals surface area contributed by atoms with E-state index >= 15 is 0 Å². The van der Waals surface area contributed by atoms with Gasteiger partial charge in [-0.25, -0.2) is 8.42 Å². The minimum Gasteiger partial charge on any atom is -0.349 e. The van der Waals surface area contributed by atoms with Gasteiger partial charge in [-0.3, -0.25) is 4.79 Å². The molecule has 17 heavy (non-hydrogen) atoms. The zero-order valence-corrected chi connectivity index (χ0v) is 11.6. The normalized spacial score (nSPS) is 20.1. The maximum atomic E-state index is 11.8. The Kier molecular flexibility index (Phi) is 3.79. The maximum absolute atomic E-state index is 11.8. The predicted molar refractivity (Wildman–Crippen MR) is 70.7 cm³/mol. The number of carbonyl (C=O) groups is 1. The van der Waals surface area contributed by atoms with E-state index in [1.165, 1.54) is 11.3 Å². The molecular formula is C10H13NO3S3. The van der Waals surface area contributed by atoms with Gasteiger partial charge < -0.3 is 5.32 Å². The smallest absolute Gasteiger partial charge is 0.261 e. The molecule has 1 aromatic heterocycles. The standard InChI is InChI=1S/C10H13NO3S3/c12-10(9-5-8(15)6-16-9)11-7-1-3-17(13,14)4-2-7/h5-7,15H,1-4H2,(H,11,12). The minimum absolute atomic E-state index is 0.0310. The van der Waals surface area contributed by atoms with E-state index in [1.54, 1.807) is 11.4 Å². The van der Waals surface area contributed by atoms with Gasteiger partial charge in [0.2, 0.25) is 0 Å². The monoisotopic (exact) mass is 291 g/mol. The van der Waals surface area contributed by atoms with Crippen molar-refractivity contribution >= 4 is 39.7 Å². The van der Waals surface area contributed by atoms with E-state index in [9.17, 15) is 13.2 Å². The van der Waals surface area contributed by atoms with Crippen LogP contribution in [0.15, 0.2) is 16.3 Å². The molecule has 1 fully saturated rings. The Balaban J connectivity index is 1.92. The van der Waals surface area contributed by atoms with Crippen LogP contribution >= 0.6 is 24.0 Å². The second kappa shape index (κ2) is 4.99. The van der Waals surface area contributed by atoms with Crippen LogP contribution in [0.1, 0.15) is 22.5 Å². The predicted octanol–water partition coefficient (Wildman–Crippen LogP) is 1.34. The highest BCUT2D eigenvalue weighted by Gasteiger charge is 2.25. The molecule has 0 aliphatic carbocycles. The van der Waals surface area contributed by atoms with Gasteiger partial charge in [0.05, 0.1) is 16.4 Å². The highest BCUT2D eigenvalue weighted by atomic mass is 32.2. The van der Waals surface area contributed by atoms with Crippen LogP contribution in [0.5, 0.6) is 0 Å². The average molecular weight is 291 g/mol. The van der Waals surface area contributed by atoms with Crippen molar-refractivity contribution < 1.29 is 13.2 Å². The summed E-state index contributed by atoms with van der Waals surface area (Å²) in [6.07, 6.45) is 1.01. The van der Waals surface area contributed by atoms with Crippen molar-refractivity contribution in [1.29, 1.82) is 0 Å². The molecule has 94 valence electrons. The molecular weight excluding hydrogens is 278 g/mol. The maximum Gasteiger partial charge on any atom is 0.261 e. The molecule has 0 bridgehead atoms. The van der Waals surface area contributed by atoms with E-state index in [4.69, 9.17) is 0 Å². The highest BCUT2D eigenvalue weighted by molar-refractivity contribution is 7.91.